The van der Waals surface area contributed by atoms with E-state index in [1.165, 1.54) is 4.90 Å². The average Bonchev–Trinajstić information content (AvgIpc) is 2.79. The zero-order valence-corrected chi connectivity index (χ0v) is 14.6. The molecule has 6 nitrogen and oxygen atoms in total. The van der Waals surface area contributed by atoms with Crippen molar-refractivity contribution in [3.05, 3.63) is 29.8 Å². The predicted octanol–water partition coefficient (Wildman–Crippen LogP) is 1.94. The van der Waals surface area contributed by atoms with Gasteiger partial charge in [-0.3, -0.25) is 9.69 Å². The van der Waals surface area contributed by atoms with Crippen LogP contribution in [0.3, 0.4) is 0 Å². The SMILES string of the molecule is CCN1C(=O)N(Cc2cccc(OC)c2)C(=O)C12CCN(C)CC2. The normalized spacial score (nSPS) is 21.0. The van der Waals surface area contributed by atoms with Gasteiger partial charge in [-0.05, 0) is 44.5 Å². The van der Waals surface area contributed by atoms with E-state index in [0.717, 1.165) is 24.4 Å². The summed E-state index contributed by atoms with van der Waals surface area (Å²) in [6.45, 7) is 4.47. The molecular weight excluding hydrogens is 306 g/mol. The van der Waals surface area contributed by atoms with Crippen molar-refractivity contribution in [3.8, 4) is 5.75 Å². The number of hydrogen-bond acceptors (Lipinski definition) is 4. The Morgan fingerprint density at radius 2 is 1.92 bits per heavy atom. The Morgan fingerprint density at radius 1 is 1.21 bits per heavy atom. The molecule has 3 amide bonds. The number of benzene rings is 1. The lowest BCUT2D eigenvalue weighted by molar-refractivity contribution is -0.135. The van der Waals surface area contributed by atoms with Gasteiger partial charge in [0.15, 0.2) is 0 Å². The van der Waals surface area contributed by atoms with Crippen LogP contribution in [0.4, 0.5) is 4.79 Å². The topological polar surface area (TPSA) is 53.1 Å². The Hall–Kier alpha value is -2.08. The molecule has 0 atom stereocenters. The summed E-state index contributed by atoms with van der Waals surface area (Å²) in [4.78, 5) is 31.4. The predicted molar refractivity (Wildman–Crippen MR) is 90.8 cm³/mol. The van der Waals surface area contributed by atoms with Crippen LogP contribution in [0.1, 0.15) is 25.3 Å². The number of methoxy groups -OCH3 is 1. The molecule has 0 unspecified atom stereocenters. The van der Waals surface area contributed by atoms with Gasteiger partial charge in [0.05, 0.1) is 13.7 Å². The lowest BCUT2D eigenvalue weighted by atomic mass is 9.86. The summed E-state index contributed by atoms with van der Waals surface area (Å²) < 4.78 is 5.23. The standard InChI is InChI=1S/C18H25N3O3/c1-4-21-17(23)20(13-14-6-5-7-15(12-14)24-3)16(22)18(21)8-10-19(2)11-9-18/h5-7,12H,4,8-11,13H2,1-3H3. The van der Waals surface area contributed by atoms with E-state index in [0.29, 0.717) is 25.9 Å². The molecular formula is C18H25N3O3. The molecule has 6 heteroatoms. The first kappa shape index (κ1) is 16.8. The van der Waals surface area contributed by atoms with Gasteiger partial charge in [-0.15, -0.1) is 0 Å². The van der Waals surface area contributed by atoms with Crippen molar-refractivity contribution in [2.24, 2.45) is 0 Å². The number of nitrogens with zero attached hydrogens (tertiary/aromatic N) is 3. The summed E-state index contributed by atoms with van der Waals surface area (Å²) in [5, 5.41) is 0. The summed E-state index contributed by atoms with van der Waals surface area (Å²) >= 11 is 0. The lowest BCUT2D eigenvalue weighted by Gasteiger charge is -2.40. The van der Waals surface area contributed by atoms with Crippen LogP contribution >= 0.6 is 0 Å². The van der Waals surface area contributed by atoms with Crippen molar-refractivity contribution < 1.29 is 14.3 Å². The number of amides is 3. The van der Waals surface area contributed by atoms with Crippen LogP contribution in [0.25, 0.3) is 0 Å². The van der Waals surface area contributed by atoms with E-state index >= 15 is 0 Å². The quantitative estimate of drug-likeness (QED) is 0.791. The molecule has 0 aliphatic carbocycles. The van der Waals surface area contributed by atoms with Crippen molar-refractivity contribution >= 4 is 11.9 Å². The zero-order chi connectivity index (χ0) is 17.3. The summed E-state index contributed by atoms with van der Waals surface area (Å²) in [6.07, 6.45) is 1.41. The zero-order valence-electron chi connectivity index (χ0n) is 14.6. The molecule has 0 bridgehead atoms. The Bertz CT molecular complexity index is 638. The van der Waals surface area contributed by atoms with E-state index in [-0.39, 0.29) is 11.9 Å². The second-order valence-corrected chi connectivity index (χ2v) is 6.60. The molecule has 3 rings (SSSR count). The molecule has 0 N–H and O–H groups in total. The number of ether oxygens (including phenoxy) is 1. The van der Waals surface area contributed by atoms with E-state index in [4.69, 9.17) is 4.74 Å². The summed E-state index contributed by atoms with van der Waals surface area (Å²) in [5.41, 5.74) is 0.245. The third-order valence-corrected chi connectivity index (χ3v) is 5.23. The molecule has 0 saturated carbocycles. The fourth-order valence-corrected chi connectivity index (χ4v) is 3.79. The number of piperidine rings is 1. The van der Waals surface area contributed by atoms with E-state index in [1.807, 2.05) is 31.2 Å². The molecule has 130 valence electrons. The minimum Gasteiger partial charge on any atom is -0.497 e. The van der Waals surface area contributed by atoms with E-state index in [9.17, 15) is 9.59 Å². The minimum absolute atomic E-state index is 0.0507. The first-order chi connectivity index (χ1) is 11.5. The molecule has 0 aromatic heterocycles. The molecule has 2 aliphatic rings. The molecule has 24 heavy (non-hydrogen) atoms. The van der Waals surface area contributed by atoms with Gasteiger partial charge in [0.1, 0.15) is 11.3 Å². The molecule has 1 spiro atoms. The Balaban J connectivity index is 1.86. The second-order valence-electron chi connectivity index (χ2n) is 6.60. The molecule has 1 aromatic carbocycles. The van der Waals surface area contributed by atoms with Crippen molar-refractivity contribution in [1.82, 2.24) is 14.7 Å². The Labute approximate surface area is 143 Å². The van der Waals surface area contributed by atoms with Gasteiger partial charge in [-0.1, -0.05) is 12.1 Å². The molecule has 2 aliphatic heterocycles. The highest BCUT2D eigenvalue weighted by Gasteiger charge is 2.56. The molecule has 2 saturated heterocycles. The number of hydrogen-bond donors (Lipinski definition) is 0. The van der Waals surface area contributed by atoms with E-state index in [2.05, 4.69) is 11.9 Å². The highest BCUT2D eigenvalue weighted by atomic mass is 16.5. The van der Waals surface area contributed by atoms with Crippen molar-refractivity contribution in [2.45, 2.75) is 31.8 Å². The van der Waals surface area contributed by atoms with Gasteiger partial charge in [0.25, 0.3) is 5.91 Å². The lowest BCUT2D eigenvalue weighted by Crippen LogP contribution is -2.55. The third-order valence-electron chi connectivity index (χ3n) is 5.23. The van der Waals surface area contributed by atoms with Crippen LogP contribution < -0.4 is 4.74 Å². The highest BCUT2D eigenvalue weighted by Crippen LogP contribution is 2.37. The fourth-order valence-electron chi connectivity index (χ4n) is 3.79. The van der Waals surface area contributed by atoms with Crippen LogP contribution in [0.5, 0.6) is 5.75 Å². The average molecular weight is 331 g/mol. The number of imide groups is 1. The molecule has 1 aromatic rings. The fraction of sp³-hybridized carbons (Fsp3) is 0.556. The number of rotatable bonds is 4. The summed E-state index contributed by atoms with van der Waals surface area (Å²) in [6, 6.07) is 7.35. The number of likely N-dealkylation sites (tertiary alicyclic amines) is 1. The van der Waals surface area contributed by atoms with Crippen molar-refractivity contribution in [3.63, 3.8) is 0 Å². The van der Waals surface area contributed by atoms with Gasteiger partial charge < -0.3 is 14.5 Å². The maximum Gasteiger partial charge on any atom is 0.327 e. The van der Waals surface area contributed by atoms with Gasteiger partial charge in [-0.2, -0.15) is 0 Å². The van der Waals surface area contributed by atoms with Gasteiger partial charge in [0.2, 0.25) is 0 Å². The Kier molecular flexibility index (Phi) is 4.49. The maximum absolute atomic E-state index is 13.1. The van der Waals surface area contributed by atoms with Gasteiger partial charge >= 0.3 is 6.03 Å². The number of likely N-dealkylation sites (N-methyl/N-ethyl adjacent to an activating group) is 1. The van der Waals surface area contributed by atoms with Crippen molar-refractivity contribution in [1.29, 1.82) is 0 Å². The van der Waals surface area contributed by atoms with Crippen molar-refractivity contribution in [2.75, 3.05) is 33.8 Å². The number of urea groups is 1. The van der Waals surface area contributed by atoms with Crippen LogP contribution in [0.15, 0.2) is 24.3 Å². The van der Waals surface area contributed by atoms with Gasteiger partial charge in [0, 0.05) is 19.6 Å². The smallest absolute Gasteiger partial charge is 0.327 e. The maximum atomic E-state index is 13.1. The summed E-state index contributed by atoms with van der Waals surface area (Å²) in [7, 11) is 3.66. The van der Waals surface area contributed by atoms with E-state index < -0.39 is 5.54 Å². The van der Waals surface area contributed by atoms with Crippen LogP contribution in [-0.4, -0.2) is 66.0 Å². The number of carbonyl (C=O) groups excluding carboxylic acids is 2. The van der Waals surface area contributed by atoms with Crippen LogP contribution in [-0.2, 0) is 11.3 Å². The first-order valence-electron chi connectivity index (χ1n) is 8.47. The number of carbonyl (C=O) groups is 2. The third kappa shape index (κ3) is 2.65. The molecule has 2 fully saturated rings. The largest absolute Gasteiger partial charge is 0.497 e. The highest BCUT2D eigenvalue weighted by molar-refractivity contribution is 6.07. The summed E-state index contributed by atoms with van der Waals surface area (Å²) in [5.74, 6) is 0.679. The molecule has 0 radical (unpaired) electrons. The first-order valence-corrected chi connectivity index (χ1v) is 8.47. The Morgan fingerprint density at radius 3 is 2.54 bits per heavy atom. The van der Waals surface area contributed by atoms with Crippen LogP contribution in [0, 0.1) is 0 Å². The minimum atomic E-state index is -0.656. The second kappa shape index (κ2) is 6.43. The molecule has 2 heterocycles. The van der Waals surface area contributed by atoms with E-state index in [1.54, 1.807) is 12.0 Å². The monoisotopic (exact) mass is 331 g/mol. The van der Waals surface area contributed by atoms with Gasteiger partial charge in [-0.25, -0.2) is 4.79 Å². The van der Waals surface area contributed by atoms with Crippen LogP contribution in [0.2, 0.25) is 0 Å².